The summed E-state index contributed by atoms with van der Waals surface area (Å²) in [5, 5.41) is 5.64. The number of hydrogen-bond donors (Lipinski definition) is 2. The Morgan fingerprint density at radius 1 is 1.15 bits per heavy atom. The molecule has 2 aromatic carbocycles. The van der Waals surface area contributed by atoms with Crippen LogP contribution < -0.4 is 10.6 Å². The molecule has 3 nitrogen and oxygen atoms in total. The zero-order valence-electron chi connectivity index (χ0n) is 11.1. The van der Waals surface area contributed by atoms with Gasteiger partial charge in [0, 0.05) is 17.2 Å². The van der Waals surface area contributed by atoms with Crippen LogP contribution in [-0.2, 0) is 0 Å². The zero-order chi connectivity index (χ0) is 14.7. The third-order valence-electron chi connectivity index (χ3n) is 2.87. The molecule has 0 saturated carbocycles. The van der Waals surface area contributed by atoms with Crippen molar-refractivity contribution in [3.63, 3.8) is 0 Å². The summed E-state index contributed by atoms with van der Waals surface area (Å²) in [5.41, 5.74) is 2.57. The summed E-state index contributed by atoms with van der Waals surface area (Å²) in [7, 11) is 1.69. The van der Waals surface area contributed by atoms with Crippen molar-refractivity contribution in [2.75, 3.05) is 17.7 Å². The molecule has 0 spiro atoms. The fourth-order valence-corrected chi connectivity index (χ4v) is 2.43. The smallest absolute Gasteiger partial charge is 0.257 e. The summed E-state index contributed by atoms with van der Waals surface area (Å²) >= 11 is 3.39. The predicted molar refractivity (Wildman–Crippen MR) is 82.8 cm³/mol. The highest BCUT2D eigenvalue weighted by atomic mass is 79.9. The van der Waals surface area contributed by atoms with Gasteiger partial charge in [0.25, 0.3) is 5.91 Å². The minimum absolute atomic E-state index is 0.264. The van der Waals surface area contributed by atoms with Crippen LogP contribution >= 0.6 is 15.9 Å². The second-order valence-electron chi connectivity index (χ2n) is 4.38. The number of rotatable bonds is 3. The SMILES string of the molecule is CNc1ccc(F)cc1C(=O)Nc1ccc(C)cc1Br. The number of carbonyl (C=O) groups excluding carboxylic acids is 1. The Morgan fingerprint density at radius 2 is 1.85 bits per heavy atom. The number of benzene rings is 2. The molecule has 2 rings (SSSR count). The largest absolute Gasteiger partial charge is 0.387 e. The van der Waals surface area contributed by atoms with Crippen molar-refractivity contribution < 1.29 is 9.18 Å². The van der Waals surface area contributed by atoms with Crippen molar-refractivity contribution in [1.82, 2.24) is 0 Å². The molecule has 0 bridgehead atoms. The van der Waals surface area contributed by atoms with Gasteiger partial charge >= 0.3 is 0 Å². The van der Waals surface area contributed by atoms with Crippen LogP contribution in [0.4, 0.5) is 15.8 Å². The van der Waals surface area contributed by atoms with Crippen molar-refractivity contribution in [1.29, 1.82) is 0 Å². The molecule has 0 saturated heterocycles. The molecule has 0 aliphatic heterocycles. The number of anilines is 2. The lowest BCUT2D eigenvalue weighted by Gasteiger charge is -2.11. The first-order chi connectivity index (χ1) is 9.51. The van der Waals surface area contributed by atoms with Gasteiger partial charge in [-0.2, -0.15) is 0 Å². The van der Waals surface area contributed by atoms with E-state index in [0.29, 0.717) is 11.4 Å². The molecule has 0 heterocycles. The fourth-order valence-electron chi connectivity index (χ4n) is 1.83. The van der Waals surface area contributed by atoms with Crippen LogP contribution in [0.3, 0.4) is 0 Å². The van der Waals surface area contributed by atoms with Gasteiger partial charge in [-0.15, -0.1) is 0 Å². The van der Waals surface area contributed by atoms with Crippen LogP contribution in [0.5, 0.6) is 0 Å². The van der Waals surface area contributed by atoms with E-state index in [4.69, 9.17) is 0 Å². The third-order valence-corrected chi connectivity index (χ3v) is 3.52. The van der Waals surface area contributed by atoms with Crippen LogP contribution in [0.15, 0.2) is 40.9 Å². The minimum Gasteiger partial charge on any atom is -0.387 e. The average molecular weight is 337 g/mol. The Kier molecular flexibility index (Phi) is 4.39. The lowest BCUT2D eigenvalue weighted by molar-refractivity contribution is 0.102. The van der Waals surface area contributed by atoms with E-state index >= 15 is 0 Å². The number of nitrogens with one attached hydrogen (secondary N) is 2. The lowest BCUT2D eigenvalue weighted by atomic mass is 10.1. The second-order valence-corrected chi connectivity index (χ2v) is 5.23. The lowest BCUT2D eigenvalue weighted by Crippen LogP contribution is -2.14. The van der Waals surface area contributed by atoms with E-state index in [1.165, 1.54) is 18.2 Å². The summed E-state index contributed by atoms with van der Waals surface area (Å²) in [6.45, 7) is 1.96. The highest BCUT2D eigenvalue weighted by Crippen LogP contribution is 2.25. The highest BCUT2D eigenvalue weighted by Gasteiger charge is 2.13. The molecule has 5 heteroatoms. The Hall–Kier alpha value is -1.88. The fraction of sp³-hybridized carbons (Fsp3) is 0.133. The topological polar surface area (TPSA) is 41.1 Å². The predicted octanol–water partition coefficient (Wildman–Crippen LogP) is 4.19. The Labute approximate surface area is 125 Å². The van der Waals surface area contributed by atoms with E-state index in [2.05, 4.69) is 26.6 Å². The molecule has 0 atom stereocenters. The Bertz CT molecular complexity index is 658. The van der Waals surface area contributed by atoms with Crippen molar-refractivity contribution in [3.8, 4) is 0 Å². The maximum absolute atomic E-state index is 13.3. The van der Waals surface area contributed by atoms with E-state index in [1.54, 1.807) is 13.1 Å². The molecular weight excluding hydrogens is 323 g/mol. The minimum atomic E-state index is -0.447. The van der Waals surface area contributed by atoms with Crippen LogP contribution in [0.25, 0.3) is 0 Å². The molecule has 0 radical (unpaired) electrons. The van der Waals surface area contributed by atoms with Gasteiger partial charge in [0.1, 0.15) is 5.82 Å². The molecule has 2 N–H and O–H groups in total. The van der Waals surface area contributed by atoms with Crippen LogP contribution in [0, 0.1) is 12.7 Å². The quantitative estimate of drug-likeness (QED) is 0.882. The number of amides is 1. The summed E-state index contributed by atoms with van der Waals surface area (Å²) in [4.78, 5) is 12.2. The summed E-state index contributed by atoms with van der Waals surface area (Å²) < 4.78 is 14.1. The maximum Gasteiger partial charge on any atom is 0.257 e. The van der Waals surface area contributed by atoms with Crippen LogP contribution in [0.1, 0.15) is 15.9 Å². The second kappa shape index (κ2) is 6.05. The van der Waals surface area contributed by atoms with E-state index < -0.39 is 5.82 Å². The molecule has 0 aliphatic rings. The van der Waals surface area contributed by atoms with Gasteiger partial charge in [0.2, 0.25) is 0 Å². The molecule has 0 aliphatic carbocycles. The monoisotopic (exact) mass is 336 g/mol. The Balaban J connectivity index is 2.30. The molecule has 0 unspecified atom stereocenters. The molecular formula is C15H14BrFN2O. The maximum atomic E-state index is 13.3. The van der Waals surface area contributed by atoms with Crippen LogP contribution in [-0.4, -0.2) is 13.0 Å². The highest BCUT2D eigenvalue weighted by molar-refractivity contribution is 9.10. The molecule has 0 aromatic heterocycles. The molecule has 0 fully saturated rings. The first-order valence-electron chi connectivity index (χ1n) is 6.06. The van der Waals surface area contributed by atoms with Gasteiger partial charge in [-0.3, -0.25) is 4.79 Å². The number of halogens is 2. The summed E-state index contributed by atoms with van der Waals surface area (Å²) in [5.74, 6) is -0.810. The van der Waals surface area contributed by atoms with Crippen LogP contribution in [0.2, 0.25) is 0 Å². The summed E-state index contributed by atoms with van der Waals surface area (Å²) in [6.07, 6.45) is 0. The first-order valence-corrected chi connectivity index (χ1v) is 6.85. The molecule has 2 aromatic rings. The zero-order valence-corrected chi connectivity index (χ0v) is 12.7. The van der Waals surface area contributed by atoms with Gasteiger partial charge in [-0.05, 0) is 58.7 Å². The Morgan fingerprint density at radius 3 is 2.50 bits per heavy atom. The first kappa shape index (κ1) is 14.5. The number of carbonyl (C=O) groups is 1. The van der Waals surface area contributed by atoms with Crippen molar-refractivity contribution in [2.45, 2.75) is 6.92 Å². The normalized spacial score (nSPS) is 10.2. The van der Waals surface area contributed by atoms with Gasteiger partial charge < -0.3 is 10.6 Å². The van der Waals surface area contributed by atoms with Gasteiger partial charge in [0.15, 0.2) is 0 Å². The third kappa shape index (κ3) is 3.17. The van der Waals surface area contributed by atoms with Crippen molar-refractivity contribution >= 4 is 33.2 Å². The average Bonchev–Trinajstić information content (AvgIpc) is 2.41. The van der Waals surface area contributed by atoms with Crippen molar-refractivity contribution in [3.05, 3.63) is 57.8 Å². The molecule has 104 valence electrons. The van der Waals surface area contributed by atoms with Crippen molar-refractivity contribution in [2.24, 2.45) is 0 Å². The van der Waals surface area contributed by atoms with Gasteiger partial charge in [-0.1, -0.05) is 6.07 Å². The van der Waals surface area contributed by atoms with E-state index in [1.807, 2.05) is 19.1 Å². The number of hydrogen-bond acceptors (Lipinski definition) is 2. The van der Waals surface area contributed by atoms with E-state index in [0.717, 1.165) is 10.0 Å². The molecule has 20 heavy (non-hydrogen) atoms. The summed E-state index contributed by atoms with van der Waals surface area (Å²) in [6, 6.07) is 9.66. The van der Waals surface area contributed by atoms with E-state index in [-0.39, 0.29) is 11.5 Å². The number of aryl methyl sites for hydroxylation is 1. The standard InChI is InChI=1S/C15H14BrFN2O/c1-9-3-5-14(12(16)7-9)19-15(20)11-8-10(17)4-6-13(11)18-2/h3-8,18H,1-2H3,(H,19,20). The van der Waals surface area contributed by atoms with Gasteiger partial charge in [-0.25, -0.2) is 4.39 Å². The molecule has 1 amide bonds. The van der Waals surface area contributed by atoms with E-state index in [9.17, 15) is 9.18 Å². The van der Waals surface area contributed by atoms with Gasteiger partial charge in [0.05, 0.1) is 11.3 Å².